The van der Waals surface area contributed by atoms with Gasteiger partial charge in [0, 0.05) is 10.6 Å². The first-order valence-corrected chi connectivity index (χ1v) is 8.67. The standard InChI is InChI=1S/C17H22N2S2/c1-3-4-6-14-8-10-15(11-9-14)19-17(20)18-13(2)16-7-5-12-21-16/h5,7-13H,3-4,6H2,1-2H3,(H2,18,19,20)/t13-/m1/s1. The number of hydrogen-bond donors (Lipinski definition) is 2. The van der Waals surface area contributed by atoms with Crippen LogP contribution in [-0.4, -0.2) is 5.11 Å². The van der Waals surface area contributed by atoms with Crippen LogP contribution in [0.1, 0.15) is 43.2 Å². The minimum Gasteiger partial charge on any atom is -0.355 e. The van der Waals surface area contributed by atoms with Crippen LogP contribution in [0.25, 0.3) is 0 Å². The third-order valence-corrected chi connectivity index (χ3v) is 4.62. The molecule has 0 saturated heterocycles. The van der Waals surface area contributed by atoms with E-state index in [2.05, 4.69) is 66.3 Å². The summed E-state index contributed by atoms with van der Waals surface area (Å²) in [4.78, 5) is 1.29. The second kappa shape index (κ2) is 8.15. The molecule has 21 heavy (non-hydrogen) atoms. The van der Waals surface area contributed by atoms with Crippen LogP contribution in [0.5, 0.6) is 0 Å². The quantitative estimate of drug-likeness (QED) is 0.721. The summed E-state index contributed by atoms with van der Waals surface area (Å²) in [6.07, 6.45) is 3.62. The van der Waals surface area contributed by atoms with Crippen LogP contribution in [0.15, 0.2) is 41.8 Å². The number of nitrogens with one attached hydrogen (secondary N) is 2. The Hall–Kier alpha value is -1.39. The van der Waals surface area contributed by atoms with Crippen molar-refractivity contribution >= 4 is 34.4 Å². The van der Waals surface area contributed by atoms with Gasteiger partial charge in [0.25, 0.3) is 0 Å². The predicted molar refractivity (Wildman–Crippen MR) is 97.1 cm³/mol. The Morgan fingerprint density at radius 2 is 2.00 bits per heavy atom. The molecule has 1 aromatic carbocycles. The molecule has 0 bridgehead atoms. The van der Waals surface area contributed by atoms with Crippen molar-refractivity contribution in [1.82, 2.24) is 5.32 Å². The maximum absolute atomic E-state index is 5.37. The fourth-order valence-corrected chi connectivity index (χ4v) is 3.14. The molecule has 112 valence electrons. The lowest BCUT2D eigenvalue weighted by Crippen LogP contribution is -2.30. The van der Waals surface area contributed by atoms with Gasteiger partial charge in [-0.1, -0.05) is 31.5 Å². The molecule has 0 fully saturated rings. The van der Waals surface area contributed by atoms with Crippen molar-refractivity contribution in [2.24, 2.45) is 0 Å². The number of rotatable bonds is 6. The number of thiophene rings is 1. The van der Waals surface area contributed by atoms with Crippen molar-refractivity contribution < 1.29 is 0 Å². The molecule has 4 heteroatoms. The van der Waals surface area contributed by atoms with E-state index in [0.29, 0.717) is 5.11 Å². The summed E-state index contributed by atoms with van der Waals surface area (Å²) in [6, 6.07) is 12.9. The Morgan fingerprint density at radius 3 is 2.62 bits per heavy atom. The summed E-state index contributed by atoms with van der Waals surface area (Å²) >= 11 is 7.11. The molecule has 1 aromatic heterocycles. The largest absolute Gasteiger partial charge is 0.355 e. The summed E-state index contributed by atoms with van der Waals surface area (Å²) in [5, 5.41) is 9.30. The van der Waals surface area contributed by atoms with E-state index < -0.39 is 0 Å². The van der Waals surface area contributed by atoms with Crippen LogP contribution in [0, 0.1) is 0 Å². The molecule has 0 aliphatic heterocycles. The molecule has 2 aromatic rings. The number of hydrogen-bond acceptors (Lipinski definition) is 2. The number of benzene rings is 1. The lowest BCUT2D eigenvalue weighted by atomic mass is 10.1. The van der Waals surface area contributed by atoms with Crippen LogP contribution >= 0.6 is 23.6 Å². The fraction of sp³-hybridized carbons (Fsp3) is 0.353. The van der Waals surface area contributed by atoms with Gasteiger partial charge < -0.3 is 10.6 Å². The van der Waals surface area contributed by atoms with Gasteiger partial charge in [0.15, 0.2) is 5.11 Å². The van der Waals surface area contributed by atoms with Gasteiger partial charge in [0.1, 0.15) is 0 Å². The lowest BCUT2D eigenvalue weighted by molar-refractivity contribution is 0.737. The van der Waals surface area contributed by atoms with Crippen molar-refractivity contribution in [3.63, 3.8) is 0 Å². The van der Waals surface area contributed by atoms with Crippen molar-refractivity contribution in [3.8, 4) is 0 Å². The first-order valence-electron chi connectivity index (χ1n) is 7.39. The molecule has 0 aliphatic rings. The summed E-state index contributed by atoms with van der Waals surface area (Å²) in [5.74, 6) is 0. The van der Waals surface area contributed by atoms with E-state index in [-0.39, 0.29) is 6.04 Å². The van der Waals surface area contributed by atoms with Gasteiger partial charge in [0.05, 0.1) is 6.04 Å². The highest BCUT2D eigenvalue weighted by Crippen LogP contribution is 2.18. The Bertz CT molecular complexity index is 547. The van der Waals surface area contributed by atoms with E-state index in [4.69, 9.17) is 12.2 Å². The first kappa shape index (κ1) is 16.0. The number of aryl methyl sites for hydroxylation is 1. The maximum atomic E-state index is 5.37. The predicted octanol–water partition coefficient (Wildman–Crippen LogP) is 5.14. The fourth-order valence-electron chi connectivity index (χ4n) is 2.11. The van der Waals surface area contributed by atoms with E-state index in [1.807, 2.05) is 0 Å². The molecule has 0 unspecified atom stereocenters. The highest BCUT2D eigenvalue weighted by molar-refractivity contribution is 7.80. The zero-order valence-corrected chi connectivity index (χ0v) is 14.2. The van der Waals surface area contributed by atoms with E-state index in [0.717, 1.165) is 12.1 Å². The highest BCUT2D eigenvalue weighted by atomic mass is 32.1. The Balaban J connectivity index is 1.84. The van der Waals surface area contributed by atoms with Crippen molar-refractivity contribution in [2.45, 2.75) is 39.2 Å². The number of anilines is 1. The Morgan fingerprint density at radius 1 is 1.24 bits per heavy atom. The highest BCUT2D eigenvalue weighted by Gasteiger charge is 2.07. The summed E-state index contributed by atoms with van der Waals surface area (Å²) < 4.78 is 0. The van der Waals surface area contributed by atoms with Gasteiger partial charge in [-0.25, -0.2) is 0 Å². The lowest BCUT2D eigenvalue weighted by Gasteiger charge is -2.16. The average molecular weight is 319 g/mol. The average Bonchev–Trinajstić information content (AvgIpc) is 3.01. The van der Waals surface area contributed by atoms with Crippen LogP contribution in [0.3, 0.4) is 0 Å². The molecule has 1 atom stereocenters. The molecule has 2 N–H and O–H groups in total. The van der Waals surface area contributed by atoms with Crippen molar-refractivity contribution in [3.05, 3.63) is 52.2 Å². The van der Waals surface area contributed by atoms with Gasteiger partial charge in [0.2, 0.25) is 0 Å². The van der Waals surface area contributed by atoms with Gasteiger partial charge >= 0.3 is 0 Å². The van der Waals surface area contributed by atoms with E-state index in [9.17, 15) is 0 Å². The molecule has 2 nitrogen and oxygen atoms in total. The summed E-state index contributed by atoms with van der Waals surface area (Å²) in [5.41, 5.74) is 2.42. The molecular formula is C17H22N2S2. The van der Waals surface area contributed by atoms with Crippen LogP contribution in [-0.2, 0) is 6.42 Å². The monoisotopic (exact) mass is 318 g/mol. The van der Waals surface area contributed by atoms with Gasteiger partial charge in [-0.3, -0.25) is 0 Å². The summed E-state index contributed by atoms with van der Waals surface area (Å²) in [7, 11) is 0. The molecular weight excluding hydrogens is 296 g/mol. The minimum absolute atomic E-state index is 0.230. The Labute approximate surface area is 136 Å². The smallest absolute Gasteiger partial charge is 0.171 e. The van der Waals surface area contributed by atoms with E-state index in [1.54, 1.807) is 11.3 Å². The minimum atomic E-state index is 0.230. The van der Waals surface area contributed by atoms with Crippen LogP contribution in [0.4, 0.5) is 5.69 Å². The second-order valence-corrected chi connectivity index (χ2v) is 6.52. The third-order valence-electron chi connectivity index (χ3n) is 3.35. The van der Waals surface area contributed by atoms with E-state index in [1.165, 1.54) is 23.3 Å². The zero-order chi connectivity index (χ0) is 15.1. The molecule has 0 spiro atoms. The van der Waals surface area contributed by atoms with Gasteiger partial charge in [-0.15, -0.1) is 11.3 Å². The molecule has 0 amide bonds. The topological polar surface area (TPSA) is 24.1 Å². The van der Waals surface area contributed by atoms with Gasteiger partial charge in [-0.2, -0.15) is 0 Å². The van der Waals surface area contributed by atoms with Crippen molar-refractivity contribution in [1.29, 1.82) is 0 Å². The van der Waals surface area contributed by atoms with Crippen LogP contribution < -0.4 is 10.6 Å². The van der Waals surface area contributed by atoms with E-state index >= 15 is 0 Å². The molecule has 0 radical (unpaired) electrons. The normalized spacial score (nSPS) is 11.9. The van der Waals surface area contributed by atoms with Crippen molar-refractivity contribution in [2.75, 3.05) is 5.32 Å². The van der Waals surface area contributed by atoms with Gasteiger partial charge in [-0.05, 0) is 61.1 Å². The maximum Gasteiger partial charge on any atom is 0.171 e. The zero-order valence-electron chi connectivity index (χ0n) is 12.6. The number of thiocarbonyl (C=S) groups is 1. The second-order valence-electron chi connectivity index (χ2n) is 5.14. The SMILES string of the molecule is CCCCc1ccc(NC(=S)N[C@H](C)c2cccs2)cc1. The molecule has 0 saturated carbocycles. The number of unbranched alkanes of at least 4 members (excludes halogenated alkanes) is 1. The van der Waals surface area contributed by atoms with Crippen LogP contribution in [0.2, 0.25) is 0 Å². The molecule has 0 aliphatic carbocycles. The molecule has 1 heterocycles. The Kier molecular flexibility index (Phi) is 6.21. The third kappa shape index (κ3) is 5.14. The first-order chi connectivity index (χ1) is 10.2. The summed E-state index contributed by atoms with van der Waals surface area (Å²) in [6.45, 7) is 4.34. The molecule has 2 rings (SSSR count).